The van der Waals surface area contributed by atoms with Crippen molar-refractivity contribution >= 4 is 16.3 Å². The molecule has 94 valence electrons. The zero-order chi connectivity index (χ0) is 13.0. The number of fused-ring (bicyclic) bond motifs is 4. The summed E-state index contributed by atoms with van der Waals surface area (Å²) in [5, 5.41) is 12.0. The number of allylic oxidation sites excluding steroid dienone is 1. The first-order valence-corrected chi connectivity index (χ1v) is 6.39. The molecule has 1 atom stereocenters. The second-order valence-corrected chi connectivity index (χ2v) is 5.05. The van der Waals surface area contributed by atoms with Gasteiger partial charge in [0.05, 0.1) is 0 Å². The smallest absolute Gasteiger partial charge is 0.131 e. The fourth-order valence-electron chi connectivity index (χ4n) is 2.95. The highest BCUT2D eigenvalue weighted by molar-refractivity contribution is 5.94. The Balaban J connectivity index is 2.03. The molecule has 1 aliphatic heterocycles. The summed E-state index contributed by atoms with van der Waals surface area (Å²) in [4.78, 5) is 4.18. The average molecular weight is 251 g/mol. The van der Waals surface area contributed by atoms with Crippen LogP contribution in [0.3, 0.4) is 0 Å². The number of rotatable bonds is 0. The minimum Gasteiger partial charge on any atom is -0.508 e. The molecule has 1 unspecified atom stereocenters. The monoisotopic (exact) mass is 251 g/mol. The van der Waals surface area contributed by atoms with Crippen LogP contribution in [0.2, 0.25) is 0 Å². The predicted octanol–water partition coefficient (Wildman–Crippen LogP) is 3.53. The first-order chi connectivity index (χ1) is 9.24. The molecule has 0 saturated carbocycles. The first kappa shape index (κ1) is 10.6. The molecule has 0 spiro atoms. The fourth-order valence-corrected chi connectivity index (χ4v) is 2.95. The quantitative estimate of drug-likeness (QED) is 0.778. The van der Waals surface area contributed by atoms with Gasteiger partial charge in [0, 0.05) is 35.3 Å². The molecular formula is C16H13NO2. The maximum absolute atomic E-state index is 9.68. The maximum Gasteiger partial charge on any atom is 0.131 e. The minimum absolute atomic E-state index is 0.0365. The Morgan fingerprint density at radius 2 is 2.32 bits per heavy atom. The summed E-state index contributed by atoms with van der Waals surface area (Å²) in [6, 6.07) is 4.12. The molecule has 4 rings (SSSR count). The van der Waals surface area contributed by atoms with Gasteiger partial charge in [-0.1, -0.05) is 0 Å². The molecule has 0 amide bonds. The van der Waals surface area contributed by atoms with Crippen molar-refractivity contribution in [3.8, 4) is 5.75 Å². The Morgan fingerprint density at radius 3 is 3.21 bits per heavy atom. The Bertz CT molecular complexity index is 759. The van der Waals surface area contributed by atoms with Crippen molar-refractivity contribution in [3.05, 3.63) is 53.6 Å². The van der Waals surface area contributed by atoms with Gasteiger partial charge in [-0.15, -0.1) is 0 Å². The number of nitrogens with zero attached hydrogens (tertiary/aromatic N) is 1. The summed E-state index contributed by atoms with van der Waals surface area (Å²) in [5.41, 5.74) is 3.30. The number of benzene rings is 1. The molecule has 1 aromatic carbocycles. The van der Waals surface area contributed by atoms with E-state index in [0.717, 1.165) is 34.3 Å². The molecule has 2 aliphatic rings. The predicted molar refractivity (Wildman–Crippen MR) is 74.2 cm³/mol. The van der Waals surface area contributed by atoms with Crippen molar-refractivity contribution in [1.82, 2.24) is 4.98 Å². The van der Waals surface area contributed by atoms with Crippen LogP contribution in [0.5, 0.6) is 5.75 Å². The lowest BCUT2D eigenvalue weighted by atomic mass is 9.93. The van der Waals surface area contributed by atoms with Crippen LogP contribution in [0.15, 0.2) is 42.4 Å². The Labute approximate surface area is 110 Å². The van der Waals surface area contributed by atoms with Crippen molar-refractivity contribution in [2.24, 2.45) is 0 Å². The Morgan fingerprint density at radius 1 is 1.42 bits per heavy atom. The van der Waals surface area contributed by atoms with E-state index in [1.54, 1.807) is 12.3 Å². The van der Waals surface area contributed by atoms with Crippen molar-refractivity contribution in [2.45, 2.75) is 19.4 Å². The summed E-state index contributed by atoms with van der Waals surface area (Å²) in [7, 11) is 0. The van der Waals surface area contributed by atoms with Crippen LogP contribution >= 0.6 is 0 Å². The summed E-state index contributed by atoms with van der Waals surface area (Å²) in [6.07, 6.45) is 8.04. The van der Waals surface area contributed by atoms with E-state index < -0.39 is 0 Å². The number of ether oxygens (including phenoxy) is 1. The number of pyridine rings is 1. The third kappa shape index (κ3) is 1.41. The van der Waals surface area contributed by atoms with Gasteiger partial charge in [-0.2, -0.15) is 0 Å². The van der Waals surface area contributed by atoms with Crippen molar-refractivity contribution in [3.63, 3.8) is 0 Å². The van der Waals surface area contributed by atoms with E-state index in [1.165, 1.54) is 5.39 Å². The van der Waals surface area contributed by atoms with Gasteiger partial charge in [0.15, 0.2) is 0 Å². The maximum atomic E-state index is 9.68. The van der Waals surface area contributed by atoms with Gasteiger partial charge in [0.25, 0.3) is 0 Å². The lowest BCUT2D eigenvalue weighted by Crippen LogP contribution is -2.13. The van der Waals surface area contributed by atoms with E-state index in [9.17, 15) is 5.11 Å². The molecule has 0 saturated heterocycles. The molecule has 0 fully saturated rings. The molecular weight excluding hydrogens is 238 g/mol. The van der Waals surface area contributed by atoms with Gasteiger partial charge in [0.2, 0.25) is 0 Å². The topological polar surface area (TPSA) is 42.4 Å². The Kier molecular flexibility index (Phi) is 2.01. The molecule has 2 heterocycles. The summed E-state index contributed by atoms with van der Waals surface area (Å²) < 4.78 is 6.05. The molecule has 0 radical (unpaired) electrons. The van der Waals surface area contributed by atoms with Gasteiger partial charge >= 0.3 is 0 Å². The zero-order valence-corrected chi connectivity index (χ0v) is 10.6. The standard InChI is InChI=1S/C16H13NO2/c1-9-12-4-5-17-8-10(12)6-14-13-7-11(18)2-3-15(13)19-16(9)14/h2,4-8,15,18H,3H2,1H3. The number of aromatic nitrogens is 1. The SMILES string of the molecule is Cc1c2c(cc3cnccc13)C1=CC(O)=CCC1O2. The summed E-state index contributed by atoms with van der Waals surface area (Å²) in [6.45, 7) is 2.08. The average Bonchev–Trinajstić information content (AvgIpc) is 2.78. The van der Waals surface area contributed by atoms with Gasteiger partial charge < -0.3 is 9.84 Å². The number of aliphatic hydroxyl groups excluding tert-OH is 1. The molecule has 1 aromatic heterocycles. The fraction of sp³-hybridized carbons (Fsp3) is 0.188. The van der Waals surface area contributed by atoms with Crippen LogP contribution in [0.25, 0.3) is 16.3 Å². The van der Waals surface area contributed by atoms with Gasteiger partial charge in [-0.25, -0.2) is 0 Å². The molecule has 2 aromatic rings. The number of hydrogen-bond donors (Lipinski definition) is 1. The summed E-state index contributed by atoms with van der Waals surface area (Å²) in [5.74, 6) is 1.27. The van der Waals surface area contributed by atoms with E-state index in [2.05, 4.69) is 18.0 Å². The highest BCUT2D eigenvalue weighted by Crippen LogP contribution is 2.45. The molecule has 3 nitrogen and oxygen atoms in total. The minimum atomic E-state index is 0.0365. The van der Waals surface area contributed by atoms with Crippen LogP contribution in [0.1, 0.15) is 17.5 Å². The second-order valence-electron chi connectivity index (χ2n) is 5.05. The third-order valence-corrected chi connectivity index (χ3v) is 3.90. The Hall–Kier alpha value is -2.29. The van der Waals surface area contributed by atoms with Gasteiger partial charge in [-0.3, -0.25) is 4.98 Å². The molecule has 0 bridgehead atoms. The number of hydrogen-bond acceptors (Lipinski definition) is 3. The molecule has 1 N–H and O–H groups in total. The van der Waals surface area contributed by atoms with Gasteiger partial charge in [0.1, 0.15) is 17.6 Å². The van der Waals surface area contributed by atoms with Crippen molar-refractivity contribution in [2.75, 3.05) is 0 Å². The molecule has 3 heteroatoms. The largest absolute Gasteiger partial charge is 0.508 e. The van der Waals surface area contributed by atoms with Crippen molar-refractivity contribution in [1.29, 1.82) is 0 Å². The highest BCUT2D eigenvalue weighted by atomic mass is 16.5. The van der Waals surface area contributed by atoms with Crippen LogP contribution in [0, 0.1) is 6.92 Å². The lowest BCUT2D eigenvalue weighted by molar-refractivity contribution is 0.273. The van der Waals surface area contributed by atoms with Crippen LogP contribution < -0.4 is 4.74 Å². The van der Waals surface area contributed by atoms with Crippen molar-refractivity contribution < 1.29 is 9.84 Å². The van der Waals surface area contributed by atoms with Gasteiger partial charge in [-0.05, 0) is 42.2 Å². The van der Waals surface area contributed by atoms with E-state index in [0.29, 0.717) is 5.76 Å². The first-order valence-electron chi connectivity index (χ1n) is 6.39. The van der Waals surface area contributed by atoms with Crippen LogP contribution in [0.4, 0.5) is 0 Å². The third-order valence-electron chi connectivity index (χ3n) is 3.90. The molecule has 19 heavy (non-hydrogen) atoms. The highest BCUT2D eigenvalue weighted by Gasteiger charge is 2.32. The van der Waals surface area contributed by atoms with E-state index in [1.807, 2.05) is 18.3 Å². The van der Waals surface area contributed by atoms with Crippen LogP contribution in [-0.2, 0) is 0 Å². The number of aliphatic hydroxyl groups is 1. The van der Waals surface area contributed by atoms with Crippen LogP contribution in [-0.4, -0.2) is 16.2 Å². The van der Waals surface area contributed by atoms with E-state index >= 15 is 0 Å². The second kappa shape index (κ2) is 3.60. The zero-order valence-electron chi connectivity index (χ0n) is 10.6. The normalized spacial score (nSPS) is 20.4. The van der Waals surface area contributed by atoms with E-state index in [4.69, 9.17) is 4.74 Å². The number of aryl methyl sites for hydroxylation is 1. The lowest BCUT2D eigenvalue weighted by Gasteiger charge is -2.14. The summed E-state index contributed by atoms with van der Waals surface area (Å²) >= 11 is 0. The van der Waals surface area contributed by atoms with E-state index in [-0.39, 0.29) is 6.10 Å². The molecule has 1 aliphatic carbocycles.